The van der Waals surface area contributed by atoms with E-state index in [1.54, 1.807) is 29.0 Å². The molecule has 4 nitrogen and oxygen atoms in total. The highest BCUT2D eigenvalue weighted by Crippen LogP contribution is 2.24. The first-order chi connectivity index (χ1) is 9.20. The average molecular weight is 275 g/mol. The third-order valence-corrected chi connectivity index (χ3v) is 3.12. The molecule has 1 aromatic carbocycles. The Bertz CT molecular complexity index is 809. The number of fused-ring (bicyclic) bond motifs is 1. The first-order valence-corrected chi connectivity index (χ1v) is 6.01. The van der Waals surface area contributed by atoms with Crippen molar-refractivity contribution >= 4 is 23.4 Å². The van der Waals surface area contributed by atoms with Crippen molar-refractivity contribution < 1.29 is 9.13 Å². The zero-order valence-corrected chi connectivity index (χ0v) is 10.9. The molecule has 96 valence electrons. The maximum atomic E-state index is 14.0. The minimum atomic E-state index is -0.386. The fraction of sp³-hybridized carbons (Fsp3) is 0.0769. The summed E-state index contributed by atoms with van der Waals surface area (Å²) in [4.78, 5) is 7.23. The third-order valence-electron chi connectivity index (χ3n) is 2.84. The molecule has 0 fully saturated rings. The topological polar surface area (TPSA) is 42.8 Å². The Hall–Kier alpha value is -2.21. The number of nitrogens with zero attached hydrogens (tertiary/aromatic N) is 2. The van der Waals surface area contributed by atoms with Gasteiger partial charge in [0, 0.05) is 12.3 Å². The van der Waals surface area contributed by atoms with Crippen LogP contribution in [0.5, 0.6) is 5.75 Å². The SMILES string of the molecule is COc1ccc(F)c(-n2c(=S)[nH]c3cccnc32)c1. The Morgan fingerprint density at radius 3 is 3.00 bits per heavy atom. The smallest absolute Gasteiger partial charge is 0.184 e. The van der Waals surface area contributed by atoms with E-state index in [2.05, 4.69) is 9.97 Å². The van der Waals surface area contributed by atoms with E-state index in [1.165, 1.54) is 13.2 Å². The number of pyridine rings is 1. The predicted molar refractivity (Wildman–Crippen MR) is 72.8 cm³/mol. The number of ether oxygens (including phenoxy) is 1. The fourth-order valence-corrected chi connectivity index (χ4v) is 2.25. The Morgan fingerprint density at radius 1 is 1.37 bits per heavy atom. The molecule has 0 atom stereocenters. The van der Waals surface area contributed by atoms with E-state index in [1.807, 2.05) is 6.07 Å². The van der Waals surface area contributed by atoms with Crippen LogP contribution in [0.2, 0.25) is 0 Å². The monoisotopic (exact) mass is 275 g/mol. The van der Waals surface area contributed by atoms with Crippen molar-refractivity contribution in [1.82, 2.24) is 14.5 Å². The Balaban J connectivity index is 2.36. The number of aromatic amines is 1. The van der Waals surface area contributed by atoms with Crippen LogP contribution in [0.25, 0.3) is 16.9 Å². The molecule has 0 aliphatic rings. The lowest BCUT2D eigenvalue weighted by Crippen LogP contribution is -1.99. The van der Waals surface area contributed by atoms with Gasteiger partial charge in [-0.3, -0.25) is 4.57 Å². The molecule has 2 heterocycles. The van der Waals surface area contributed by atoms with Gasteiger partial charge in [0.05, 0.1) is 18.3 Å². The Kier molecular flexibility index (Phi) is 2.79. The molecule has 0 bridgehead atoms. The summed E-state index contributed by atoms with van der Waals surface area (Å²) in [7, 11) is 1.53. The molecule has 0 amide bonds. The van der Waals surface area contributed by atoms with Gasteiger partial charge in [-0.05, 0) is 36.5 Å². The molecule has 0 saturated heterocycles. The standard InChI is InChI=1S/C13H10FN3OS/c1-18-8-4-5-9(14)11(7-8)17-12-10(16-13(17)19)3-2-6-15-12/h2-7H,1H3,(H,16,19). The van der Waals surface area contributed by atoms with Crippen LogP contribution in [0.15, 0.2) is 36.5 Å². The molecular formula is C13H10FN3OS. The van der Waals surface area contributed by atoms with Gasteiger partial charge in [0.25, 0.3) is 0 Å². The summed E-state index contributed by atoms with van der Waals surface area (Å²) in [6.45, 7) is 0. The number of rotatable bonds is 2. The molecule has 1 N–H and O–H groups in total. The summed E-state index contributed by atoms with van der Waals surface area (Å²) in [5.74, 6) is 0.173. The maximum Gasteiger partial charge on any atom is 0.184 e. The number of H-pyrrole nitrogens is 1. The second kappa shape index (κ2) is 4.47. The minimum Gasteiger partial charge on any atom is -0.497 e. The lowest BCUT2D eigenvalue weighted by Gasteiger charge is -2.07. The van der Waals surface area contributed by atoms with E-state index in [0.717, 1.165) is 5.52 Å². The van der Waals surface area contributed by atoms with Crippen LogP contribution >= 0.6 is 12.2 Å². The number of hydrogen-bond acceptors (Lipinski definition) is 3. The lowest BCUT2D eigenvalue weighted by molar-refractivity contribution is 0.413. The maximum absolute atomic E-state index is 14.0. The molecular weight excluding hydrogens is 265 g/mol. The molecule has 3 aromatic rings. The Labute approximate surface area is 113 Å². The van der Waals surface area contributed by atoms with Crippen LogP contribution in [0.4, 0.5) is 4.39 Å². The molecule has 0 aliphatic heterocycles. The van der Waals surface area contributed by atoms with Crippen molar-refractivity contribution in [3.8, 4) is 11.4 Å². The molecule has 3 rings (SSSR count). The Morgan fingerprint density at radius 2 is 2.21 bits per heavy atom. The molecule has 19 heavy (non-hydrogen) atoms. The second-order valence-corrected chi connectivity index (χ2v) is 4.34. The van der Waals surface area contributed by atoms with E-state index >= 15 is 0 Å². The summed E-state index contributed by atoms with van der Waals surface area (Å²) in [6.07, 6.45) is 1.64. The largest absolute Gasteiger partial charge is 0.497 e. The van der Waals surface area contributed by atoms with E-state index in [4.69, 9.17) is 17.0 Å². The number of aromatic nitrogens is 3. The van der Waals surface area contributed by atoms with Gasteiger partial charge in [-0.25, -0.2) is 9.37 Å². The lowest BCUT2D eigenvalue weighted by atomic mass is 10.3. The summed E-state index contributed by atoms with van der Waals surface area (Å²) in [5, 5.41) is 0. The summed E-state index contributed by atoms with van der Waals surface area (Å²) >= 11 is 5.23. The van der Waals surface area contributed by atoms with Crippen molar-refractivity contribution in [3.63, 3.8) is 0 Å². The molecule has 2 aromatic heterocycles. The highest BCUT2D eigenvalue weighted by molar-refractivity contribution is 7.71. The highest BCUT2D eigenvalue weighted by Gasteiger charge is 2.12. The third kappa shape index (κ3) is 1.90. The molecule has 6 heteroatoms. The van der Waals surface area contributed by atoms with Crippen LogP contribution in [0, 0.1) is 10.6 Å². The first-order valence-electron chi connectivity index (χ1n) is 5.60. The zero-order chi connectivity index (χ0) is 13.4. The molecule has 0 unspecified atom stereocenters. The number of methoxy groups -OCH3 is 1. The van der Waals surface area contributed by atoms with Gasteiger partial charge in [0.2, 0.25) is 0 Å². The number of hydrogen-bond donors (Lipinski definition) is 1. The highest BCUT2D eigenvalue weighted by atomic mass is 32.1. The van der Waals surface area contributed by atoms with E-state index in [-0.39, 0.29) is 5.82 Å². The van der Waals surface area contributed by atoms with Crippen LogP contribution in [-0.4, -0.2) is 21.6 Å². The predicted octanol–water partition coefficient (Wildman–Crippen LogP) is 3.23. The quantitative estimate of drug-likeness (QED) is 0.730. The molecule has 0 aliphatic carbocycles. The van der Waals surface area contributed by atoms with Crippen molar-refractivity contribution in [2.24, 2.45) is 0 Å². The molecule has 0 spiro atoms. The van der Waals surface area contributed by atoms with E-state index in [0.29, 0.717) is 21.9 Å². The number of halogens is 1. The van der Waals surface area contributed by atoms with Gasteiger partial charge < -0.3 is 9.72 Å². The molecule has 0 radical (unpaired) electrons. The van der Waals surface area contributed by atoms with Crippen LogP contribution in [0.3, 0.4) is 0 Å². The van der Waals surface area contributed by atoms with Gasteiger partial charge >= 0.3 is 0 Å². The van der Waals surface area contributed by atoms with Gasteiger partial charge in [-0.15, -0.1) is 0 Å². The number of benzene rings is 1. The summed E-state index contributed by atoms with van der Waals surface area (Å²) in [6, 6.07) is 8.13. The van der Waals surface area contributed by atoms with E-state index < -0.39 is 0 Å². The average Bonchev–Trinajstić information content (AvgIpc) is 2.75. The number of nitrogens with one attached hydrogen (secondary N) is 1. The molecule has 0 saturated carbocycles. The summed E-state index contributed by atoms with van der Waals surface area (Å²) in [5.41, 5.74) is 1.66. The summed E-state index contributed by atoms with van der Waals surface area (Å²) < 4.78 is 21.1. The van der Waals surface area contributed by atoms with Crippen molar-refractivity contribution in [3.05, 3.63) is 47.1 Å². The van der Waals surface area contributed by atoms with Crippen molar-refractivity contribution in [1.29, 1.82) is 0 Å². The van der Waals surface area contributed by atoms with Gasteiger partial charge in [0.1, 0.15) is 11.6 Å². The van der Waals surface area contributed by atoms with Gasteiger partial charge in [0.15, 0.2) is 10.4 Å². The zero-order valence-electron chi connectivity index (χ0n) is 10.1. The van der Waals surface area contributed by atoms with Crippen LogP contribution in [-0.2, 0) is 0 Å². The number of imidazole rings is 1. The van der Waals surface area contributed by atoms with Gasteiger partial charge in [-0.1, -0.05) is 0 Å². The van der Waals surface area contributed by atoms with Crippen LogP contribution in [0.1, 0.15) is 0 Å². The first kappa shape index (κ1) is 11.9. The van der Waals surface area contributed by atoms with Gasteiger partial charge in [-0.2, -0.15) is 0 Å². The van der Waals surface area contributed by atoms with Crippen molar-refractivity contribution in [2.45, 2.75) is 0 Å². The minimum absolute atomic E-state index is 0.314. The fourth-order valence-electron chi connectivity index (χ4n) is 1.95. The van der Waals surface area contributed by atoms with Crippen molar-refractivity contribution in [2.75, 3.05) is 7.11 Å². The second-order valence-electron chi connectivity index (χ2n) is 3.96. The normalized spacial score (nSPS) is 10.8. The van der Waals surface area contributed by atoms with E-state index in [9.17, 15) is 4.39 Å². The van der Waals surface area contributed by atoms with Crippen LogP contribution < -0.4 is 4.74 Å².